The minimum absolute atomic E-state index is 0.0678. The molecule has 3 rings (SSSR count). The molecule has 0 amide bonds. The Labute approximate surface area is 128 Å². The van der Waals surface area contributed by atoms with Crippen LogP contribution in [0.25, 0.3) is 0 Å². The van der Waals surface area contributed by atoms with Crippen LogP contribution < -0.4 is 4.72 Å². The summed E-state index contributed by atoms with van der Waals surface area (Å²) in [5.41, 5.74) is 0. The van der Waals surface area contributed by atoms with E-state index in [1.54, 1.807) is 42.5 Å². The third-order valence-electron chi connectivity index (χ3n) is 3.12. The quantitative estimate of drug-likeness (QED) is 0.888. The van der Waals surface area contributed by atoms with Crippen molar-refractivity contribution < 1.29 is 13.5 Å². The lowest BCUT2D eigenvalue weighted by Crippen LogP contribution is -2.26. The summed E-state index contributed by atoms with van der Waals surface area (Å²) >= 11 is 1.25. The fourth-order valence-corrected chi connectivity index (χ4v) is 4.62. The fourth-order valence-electron chi connectivity index (χ4n) is 1.90. The second-order valence-electron chi connectivity index (χ2n) is 4.91. The van der Waals surface area contributed by atoms with Crippen molar-refractivity contribution in [2.75, 3.05) is 0 Å². The molecule has 110 valence electrons. The van der Waals surface area contributed by atoms with Gasteiger partial charge in [0.1, 0.15) is 5.75 Å². The van der Waals surface area contributed by atoms with Gasteiger partial charge in [-0.3, -0.25) is 0 Å². The number of phenols is 1. The molecule has 2 aromatic rings. The zero-order chi connectivity index (χ0) is 14.9. The van der Waals surface area contributed by atoms with E-state index in [1.165, 1.54) is 11.8 Å². The molecule has 0 spiro atoms. The number of benzene rings is 2. The minimum Gasteiger partial charge on any atom is -0.507 e. The van der Waals surface area contributed by atoms with Crippen LogP contribution in [0.5, 0.6) is 5.75 Å². The molecular formula is C15H15NO3S2. The summed E-state index contributed by atoms with van der Waals surface area (Å²) in [4.78, 5) is 1.49. The first kappa shape index (κ1) is 14.4. The van der Waals surface area contributed by atoms with Crippen LogP contribution in [0.4, 0.5) is 0 Å². The van der Waals surface area contributed by atoms with Gasteiger partial charge in [0, 0.05) is 10.9 Å². The lowest BCUT2D eigenvalue weighted by Gasteiger charge is -2.11. The van der Waals surface area contributed by atoms with Crippen LogP contribution in [0.2, 0.25) is 0 Å². The van der Waals surface area contributed by atoms with Crippen molar-refractivity contribution in [3.8, 4) is 5.75 Å². The number of hydrogen-bond acceptors (Lipinski definition) is 4. The number of phenolic OH excluding ortho intramolecular Hbond substituents is 1. The number of nitrogens with one attached hydrogen (secondary N) is 1. The highest BCUT2D eigenvalue weighted by Gasteiger charge is 2.29. The molecule has 0 aliphatic heterocycles. The number of para-hydroxylation sites is 1. The maximum absolute atomic E-state index is 12.4. The molecule has 1 aliphatic carbocycles. The molecule has 0 aromatic heterocycles. The van der Waals surface area contributed by atoms with Crippen molar-refractivity contribution in [2.45, 2.75) is 33.6 Å². The van der Waals surface area contributed by atoms with Crippen LogP contribution in [0.15, 0.2) is 63.2 Å². The Balaban J connectivity index is 1.94. The number of hydrogen-bond donors (Lipinski definition) is 2. The van der Waals surface area contributed by atoms with Gasteiger partial charge in [-0.15, -0.1) is 0 Å². The monoisotopic (exact) mass is 321 g/mol. The lowest BCUT2D eigenvalue weighted by atomic mass is 10.3. The van der Waals surface area contributed by atoms with E-state index in [0.717, 1.165) is 12.8 Å². The maximum atomic E-state index is 12.4. The van der Waals surface area contributed by atoms with Gasteiger partial charge in [0.25, 0.3) is 0 Å². The molecule has 0 atom stereocenters. The molecule has 6 heteroatoms. The standard InChI is InChI=1S/C15H15NO3S2/c17-12-5-1-2-6-13(12)20-14-7-3-4-8-15(14)21(18,19)16-11-9-10-11/h1-8,11,16-17H,9-10H2. The van der Waals surface area contributed by atoms with Gasteiger partial charge in [-0.25, -0.2) is 13.1 Å². The number of aromatic hydroxyl groups is 1. The van der Waals surface area contributed by atoms with Crippen molar-refractivity contribution in [2.24, 2.45) is 0 Å². The van der Waals surface area contributed by atoms with Crippen molar-refractivity contribution in [1.29, 1.82) is 0 Å². The van der Waals surface area contributed by atoms with Crippen LogP contribution in [0.1, 0.15) is 12.8 Å². The topological polar surface area (TPSA) is 66.4 Å². The van der Waals surface area contributed by atoms with Gasteiger partial charge >= 0.3 is 0 Å². The van der Waals surface area contributed by atoms with Crippen LogP contribution in [0.3, 0.4) is 0 Å². The highest BCUT2D eigenvalue weighted by atomic mass is 32.2. The van der Waals surface area contributed by atoms with Crippen molar-refractivity contribution in [3.05, 3.63) is 48.5 Å². The molecule has 0 radical (unpaired) electrons. The van der Waals surface area contributed by atoms with Crippen molar-refractivity contribution >= 4 is 21.8 Å². The Hall–Kier alpha value is -1.50. The molecule has 21 heavy (non-hydrogen) atoms. The molecule has 2 N–H and O–H groups in total. The Morgan fingerprint density at radius 3 is 2.29 bits per heavy atom. The largest absolute Gasteiger partial charge is 0.507 e. The molecule has 0 saturated heterocycles. The Morgan fingerprint density at radius 2 is 1.62 bits per heavy atom. The molecule has 0 heterocycles. The van der Waals surface area contributed by atoms with Crippen LogP contribution in [0, 0.1) is 0 Å². The second kappa shape index (κ2) is 5.71. The molecule has 1 saturated carbocycles. The second-order valence-corrected chi connectivity index (χ2v) is 7.68. The summed E-state index contributed by atoms with van der Waals surface area (Å²) in [6.45, 7) is 0. The first-order chi connectivity index (χ1) is 10.1. The summed E-state index contributed by atoms with van der Waals surface area (Å²) < 4.78 is 27.5. The normalized spacial score (nSPS) is 15.0. The van der Waals surface area contributed by atoms with Crippen molar-refractivity contribution in [1.82, 2.24) is 4.72 Å². The third kappa shape index (κ3) is 3.40. The summed E-state index contributed by atoms with van der Waals surface area (Å²) in [5, 5.41) is 9.84. The minimum atomic E-state index is -3.51. The smallest absolute Gasteiger partial charge is 0.241 e. The van der Waals surface area contributed by atoms with E-state index in [9.17, 15) is 13.5 Å². The Kier molecular flexibility index (Phi) is 3.93. The van der Waals surface area contributed by atoms with Crippen LogP contribution in [-0.4, -0.2) is 19.6 Å². The highest BCUT2D eigenvalue weighted by Crippen LogP contribution is 2.37. The third-order valence-corrected chi connectivity index (χ3v) is 5.97. The number of sulfonamides is 1. The highest BCUT2D eigenvalue weighted by molar-refractivity contribution is 8.00. The van der Waals surface area contributed by atoms with Crippen LogP contribution >= 0.6 is 11.8 Å². The Morgan fingerprint density at radius 1 is 1.00 bits per heavy atom. The van der Waals surface area contributed by atoms with E-state index >= 15 is 0 Å². The lowest BCUT2D eigenvalue weighted by molar-refractivity contribution is 0.462. The van der Waals surface area contributed by atoms with E-state index in [-0.39, 0.29) is 16.7 Å². The average molecular weight is 321 g/mol. The summed E-state index contributed by atoms with van der Waals surface area (Å²) in [6, 6.07) is 13.8. The molecule has 2 aromatic carbocycles. The van der Waals surface area contributed by atoms with E-state index in [1.807, 2.05) is 6.07 Å². The first-order valence-corrected chi connectivity index (χ1v) is 8.93. The van der Waals surface area contributed by atoms with Gasteiger partial charge in [-0.2, -0.15) is 0 Å². The van der Waals surface area contributed by atoms with Gasteiger partial charge in [0.2, 0.25) is 10.0 Å². The predicted octanol–water partition coefficient (Wildman–Crippen LogP) is 2.98. The van der Waals surface area contributed by atoms with Crippen LogP contribution in [-0.2, 0) is 10.0 Å². The van der Waals surface area contributed by atoms with Gasteiger partial charge in [0.05, 0.1) is 9.79 Å². The molecule has 4 nitrogen and oxygen atoms in total. The SMILES string of the molecule is O=S(=O)(NC1CC1)c1ccccc1Sc1ccccc1O. The maximum Gasteiger partial charge on any atom is 0.241 e. The van der Waals surface area contributed by atoms with Gasteiger partial charge in [0.15, 0.2) is 0 Å². The Bertz CT molecular complexity index is 755. The van der Waals surface area contributed by atoms with Crippen molar-refractivity contribution in [3.63, 3.8) is 0 Å². The molecule has 0 bridgehead atoms. The summed E-state index contributed by atoms with van der Waals surface area (Å²) in [5.74, 6) is 0.143. The molecular weight excluding hydrogens is 306 g/mol. The van der Waals surface area contributed by atoms with E-state index in [4.69, 9.17) is 0 Å². The zero-order valence-corrected chi connectivity index (χ0v) is 12.8. The van der Waals surface area contributed by atoms with Gasteiger partial charge in [-0.1, -0.05) is 36.0 Å². The molecule has 1 aliphatic rings. The van der Waals surface area contributed by atoms with Gasteiger partial charge in [-0.05, 0) is 37.1 Å². The van der Waals surface area contributed by atoms with E-state index < -0.39 is 10.0 Å². The first-order valence-electron chi connectivity index (χ1n) is 6.63. The zero-order valence-electron chi connectivity index (χ0n) is 11.2. The fraction of sp³-hybridized carbons (Fsp3) is 0.200. The molecule has 0 unspecified atom stereocenters. The summed E-state index contributed by atoms with van der Waals surface area (Å²) in [6.07, 6.45) is 1.79. The molecule has 1 fully saturated rings. The average Bonchev–Trinajstić information content (AvgIpc) is 3.25. The predicted molar refractivity (Wildman–Crippen MR) is 82.0 cm³/mol. The number of rotatable bonds is 5. The van der Waals surface area contributed by atoms with E-state index in [2.05, 4.69) is 4.72 Å². The summed E-state index contributed by atoms with van der Waals surface area (Å²) in [7, 11) is -3.51. The van der Waals surface area contributed by atoms with E-state index in [0.29, 0.717) is 9.79 Å². The van der Waals surface area contributed by atoms with Gasteiger partial charge < -0.3 is 5.11 Å².